The summed E-state index contributed by atoms with van der Waals surface area (Å²) in [4.78, 5) is 0. The van der Waals surface area contributed by atoms with E-state index in [-0.39, 0.29) is 31.3 Å². The van der Waals surface area contributed by atoms with Crippen LogP contribution in [0.3, 0.4) is 0 Å². The quantitative estimate of drug-likeness (QED) is 0.882. The number of benzene rings is 1. The molecule has 0 saturated heterocycles. The van der Waals surface area contributed by atoms with Crippen molar-refractivity contribution in [2.24, 2.45) is 5.73 Å². The number of hydrogen-bond acceptors (Lipinski definition) is 2. The smallest absolute Gasteiger partial charge is 0.419 e. The van der Waals surface area contributed by atoms with Gasteiger partial charge in [-0.05, 0) is 12.1 Å². The Hall–Kier alpha value is -0.940. The lowest BCUT2D eigenvalue weighted by Gasteiger charge is -2.12. The highest BCUT2D eigenvalue weighted by molar-refractivity contribution is 5.85. The first kappa shape index (κ1) is 14.1. The number of para-hydroxylation sites is 1. The molecule has 15 heavy (non-hydrogen) atoms. The molecule has 0 aliphatic rings. The van der Waals surface area contributed by atoms with Gasteiger partial charge in [-0.15, -0.1) is 12.4 Å². The van der Waals surface area contributed by atoms with E-state index in [4.69, 9.17) is 10.5 Å². The van der Waals surface area contributed by atoms with Gasteiger partial charge in [0.05, 0.1) is 5.56 Å². The molecule has 0 radical (unpaired) electrons. The SMILES string of the molecule is Cl.NCCOc1ccccc1C(F)(F)F. The summed E-state index contributed by atoms with van der Waals surface area (Å²) in [6, 6.07) is 5.06. The predicted molar refractivity (Wildman–Crippen MR) is 53.2 cm³/mol. The van der Waals surface area contributed by atoms with Crippen LogP contribution in [0.2, 0.25) is 0 Å². The molecule has 0 heterocycles. The molecule has 1 aromatic carbocycles. The van der Waals surface area contributed by atoms with E-state index in [1.807, 2.05) is 0 Å². The van der Waals surface area contributed by atoms with Gasteiger partial charge in [-0.1, -0.05) is 12.1 Å². The highest BCUT2D eigenvalue weighted by Gasteiger charge is 2.33. The Balaban J connectivity index is 0.00000196. The van der Waals surface area contributed by atoms with Gasteiger partial charge in [-0.3, -0.25) is 0 Å². The lowest BCUT2D eigenvalue weighted by Crippen LogP contribution is -2.14. The van der Waals surface area contributed by atoms with Crippen molar-refractivity contribution in [1.29, 1.82) is 0 Å². The summed E-state index contributed by atoms with van der Waals surface area (Å²) in [5.41, 5.74) is 4.36. The Morgan fingerprint density at radius 3 is 2.33 bits per heavy atom. The summed E-state index contributed by atoms with van der Waals surface area (Å²) < 4.78 is 42.0. The van der Waals surface area contributed by atoms with Crippen molar-refractivity contribution in [3.63, 3.8) is 0 Å². The molecule has 86 valence electrons. The van der Waals surface area contributed by atoms with Crippen molar-refractivity contribution in [1.82, 2.24) is 0 Å². The Kier molecular flexibility index (Phi) is 5.46. The van der Waals surface area contributed by atoms with Gasteiger partial charge in [0.2, 0.25) is 0 Å². The van der Waals surface area contributed by atoms with Crippen LogP contribution in [0.5, 0.6) is 5.75 Å². The molecule has 2 N–H and O–H groups in total. The van der Waals surface area contributed by atoms with Gasteiger partial charge in [-0.25, -0.2) is 0 Å². The van der Waals surface area contributed by atoms with E-state index in [1.54, 1.807) is 0 Å². The fourth-order valence-corrected chi connectivity index (χ4v) is 0.996. The number of rotatable bonds is 3. The molecule has 0 spiro atoms. The molecule has 0 saturated carbocycles. The zero-order chi connectivity index (χ0) is 10.6. The van der Waals surface area contributed by atoms with Gasteiger partial charge in [0.1, 0.15) is 12.4 Å². The van der Waals surface area contributed by atoms with E-state index < -0.39 is 11.7 Å². The van der Waals surface area contributed by atoms with Crippen LogP contribution in [0.15, 0.2) is 24.3 Å². The summed E-state index contributed by atoms with van der Waals surface area (Å²) >= 11 is 0. The minimum absolute atomic E-state index is 0. The molecule has 0 bridgehead atoms. The molecule has 0 aliphatic carbocycles. The van der Waals surface area contributed by atoms with E-state index in [2.05, 4.69) is 0 Å². The van der Waals surface area contributed by atoms with Crippen molar-refractivity contribution in [3.05, 3.63) is 29.8 Å². The molecule has 0 aliphatic heterocycles. The van der Waals surface area contributed by atoms with Crippen LogP contribution in [0.25, 0.3) is 0 Å². The third-order valence-corrected chi connectivity index (χ3v) is 1.57. The lowest BCUT2D eigenvalue weighted by atomic mass is 10.2. The van der Waals surface area contributed by atoms with Crippen LogP contribution in [0.1, 0.15) is 5.56 Å². The first-order valence-corrected chi connectivity index (χ1v) is 4.05. The van der Waals surface area contributed by atoms with Crippen LogP contribution in [0, 0.1) is 0 Å². The summed E-state index contributed by atoms with van der Waals surface area (Å²) in [6.07, 6.45) is -4.38. The van der Waals surface area contributed by atoms with Gasteiger partial charge < -0.3 is 10.5 Å². The average Bonchev–Trinajstić information content (AvgIpc) is 2.14. The van der Waals surface area contributed by atoms with Crippen molar-refractivity contribution in [2.75, 3.05) is 13.2 Å². The first-order valence-electron chi connectivity index (χ1n) is 4.05. The maximum absolute atomic E-state index is 12.4. The number of hydrogen-bond donors (Lipinski definition) is 1. The zero-order valence-electron chi connectivity index (χ0n) is 7.75. The average molecular weight is 242 g/mol. The summed E-state index contributed by atoms with van der Waals surface area (Å²) in [5, 5.41) is 0. The van der Waals surface area contributed by atoms with Gasteiger partial charge in [0.15, 0.2) is 0 Å². The molecule has 2 nitrogen and oxygen atoms in total. The molecule has 0 unspecified atom stereocenters. The Morgan fingerprint density at radius 2 is 1.80 bits per heavy atom. The van der Waals surface area contributed by atoms with Crippen LogP contribution in [-0.2, 0) is 6.18 Å². The third-order valence-electron chi connectivity index (χ3n) is 1.57. The van der Waals surface area contributed by atoms with Crippen molar-refractivity contribution in [2.45, 2.75) is 6.18 Å². The minimum Gasteiger partial charge on any atom is -0.492 e. The fraction of sp³-hybridized carbons (Fsp3) is 0.333. The Morgan fingerprint density at radius 1 is 1.20 bits per heavy atom. The molecule has 1 aromatic rings. The van der Waals surface area contributed by atoms with E-state index in [0.29, 0.717) is 0 Å². The topological polar surface area (TPSA) is 35.2 Å². The molecule has 0 amide bonds. The first-order chi connectivity index (χ1) is 6.55. The maximum Gasteiger partial charge on any atom is 0.419 e. The van der Waals surface area contributed by atoms with Crippen LogP contribution >= 0.6 is 12.4 Å². The summed E-state index contributed by atoms with van der Waals surface area (Å²) in [5.74, 6) is -0.176. The predicted octanol–water partition coefficient (Wildman–Crippen LogP) is 2.46. The van der Waals surface area contributed by atoms with Crippen LogP contribution in [-0.4, -0.2) is 13.2 Å². The van der Waals surface area contributed by atoms with Gasteiger partial charge in [0, 0.05) is 6.54 Å². The molecule has 0 fully saturated rings. The van der Waals surface area contributed by atoms with Gasteiger partial charge >= 0.3 is 6.18 Å². The monoisotopic (exact) mass is 241 g/mol. The second-order valence-electron chi connectivity index (χ2n) is 2.63. The number of halogens is 4. The van der Waals surface area contributed by atoms with Crippen LogP contribution in [0.4, 0.5) is 13.2 Å². The Labute approximate surface area is 91.6 Å². The lowest BCUT2D eigenvalue weighted by molar-refractivity contribution is -0.138. The number of alkyl halides is 3. The fourth-order valence-electron chi connectivity index (χ4n) is 0.996. The zero-order valence-corrected chi connectivity index (χ0v) is 8.57. The third kappa shape index (κ3) is 3.97. The second-order valence-corrected chi connectivity index (χ2v) is 2.63. The molecule has 1 rings (SSSR count). The largest absolute Gasteiger partial charge is 0.492 e. The molecular formula is C9H11ClF3NO. The van der Waals surface area contributed by atoms with E-state index in [0.717, 1.165) is 6.07 Å². The Bertz CT molecular complexity index is 304. The number of nitrogens with two attached hydrogens (primary N) is 1. The summed E-state index contributed by atoms with van der Waals surface area (Å²) in [6.45, 7) is 0.263. The summed E-state index contributed by atoms with van der Waals surface area (Å²) in [7, 11) is 0. The van der Waals surface area contributed by atoms with Crippen molar-refractivity contribution >= 4 is 12.4 Å². The second kappa shape index (κ2) is 5.82. The molecule has 6 heteroatoms. The van der Waals surface area contributed by atoms with Crippen LogP contribution < -0.4 is 10.5 Å². The van der Waals surface area contributed by atoms with Gasteiger partial charge in [-0.2, -0.15) is 13.2 Å². The van der Waals surface area contributed by atoms with E-state index in [9.17, 15) is 13.2 Å². The normalized spacial score (nSPS) is 10.7. The maximum atomic E-state index is 12.4. The van der Waals surface area contributed by atoms with Gasteiger partial charge in [0.25, 0.3) is 0 Å². The van der Waals surface area contributed by atoms with E-state index >= 15 is 0 Å². The molecule has 0 aromatic heterocycles. The standard InChI is InChI=1S/C9H10F3NO.ClH/c10-9(11,12)7-3-1-2-4-8(7)14-6-5-13;/h1-4H,5-6,13H2;1H. The highest BCUT2D eigenvalue weighted by Crippen LogP contribution is 2.35. The minimum atomic E-state index is -4.38. The van der Waals surface area contributed by atoms with Crippen molar-refractivity contribution < 1.29 is 17.9 Å². The number of ether oxygens (including phenoxy) is 1. The molecular weight excluding hydrogens is 231 g/mol. The molecule has 0 atom stereocenters. The van der Waals surface area contributed by atoms with E-state index in [1.165, 1.54) is 18.2 Å². The highest BCUT2D eigenvalue weighted by atomic mass is 35.5. The van der Waals surface area contributed by atoms with Crippen molar-refractivity contribution in [3.8, 4) is 5.75 Å².